The zero-order valence-electron chi connectivity index (χ0n) is 15.9. The number of carbonyl (C=O) groups is 1. The molecule has 0 atom stereocenters. The Morgan fingerprint density at radius 3 is 2.83 bits per heavy atom. The number of benzene rings is 2. The van der Waals surface area contributed by atoms with Crippen LogP contribution in [0, 0.1) is 5.92 Å². The lowest BCUT2D eigenvalue weighted by Crippen LogP contribution is -2.54. The van der Waals surface area contributed by atoms with Crippen LogP contribution in [0.25, 0.3) is 21.3 Å². The molecule has 4 heterocycles. The molecule has 1 saturated heterocycles. The van der Waals surface area contributed by atoms with Crippen LogP contribution >= 0.6 is 11.3 Å². The van der Waals surface area contributed by atoms with Gasteiger partial charge >= 0.3 is 0 Å². The third kappa shape index (κ3) is 2.52. The fourth-order valence-electron chi connectivity index (χ4n) is 4.16. The minimum Gasteiger partial charge on any atom is -0.497 e. The van der Waals surface area contributed by atoms with Crippen molar-refractivity contribution in [2.24, 2.45) is 5.92 Å². The normalized spacial score (nSPS) is 16.4. The lowest BCUT2D eigenvalue weighted by molar-refractivity contribution is -0.123. The van der Waals surface area contributed by atoms with Crippen LogP contribution in [0.5, 0.6) is 5.75 Å². The number of fused-ring (bicyclic) bond motifs is 4. The molecule has 2 aromatic carbocycles. The van der Waals surface area contributed by atoms with Gasteiger partial charge in [-0.05, 0) is 30.3 Å². The van der Waals surface area contributed by atoms with Crippen molar-refractivity contribution in [3.05, 3.63) is 42.5 Å². The van der Waals surface area contributed by atoms with Crippen LogP contribution in [0.15, 0.2) is 42.5 Å². The van der Waals surface area contributed by atoms with Gasteiger partial charge in [-0.2, -0.15) is 0 Å². The Hall–Kier alpha value is -3.13. The number of carbonyl (C=O) groups excluding carboxylic acids is 1. The van der Waals surface area contributed by atoms with Crippen molar-refractivity contribution >= 4 is 49.6 Å². The van der Waals surface area contributed by atoms with Crippen molar-refractivity contribution in [3.8, 4) is 5.75 Å². The van der Waals surface area contributed by atoms with Gasteiger partial charge in [0.05, 0.1) is 34.3 Å². The summed E-state index contributed by atoms with van der Waals surface area (Å²) in [6.07, 6.45) is 0. The Balaban J connectivity index is 1.19. The first kappa shape index (κ1) is 16.8. The number of amides is 1. The molecule has 6 rings (SSSR count). The monoisotopic (exact) mass is 405 g/mol. The highest BCUT2D eigenvalue weighted by Gasteiger charge is 2.40. The van der Waals surface area contributed by atoms with Gasteiger partial charge in [0.1, 0.15) is 5.75 Å². The summed E-state index contributed by atoms with van der Waals surface area (Å²) in [7, 11) is 1.67. The summed E-state index contributed by atoms with van der Waals surface area (Å²) in [5, 5.41) is 0.964. The smallest absolute Gasteiger partial charge is 0.236 e. The number of rotatable bonds is 3. The van der Waals surface area contributed by atoms with Crippen molar-refractivity contribution in [2.45, 2.75) is 6.54 Å². The molecule has 0 saturated carbocycles. The number of anilines is 2. The first-order chi connectivity index (χ1) is 14.2. The number of thiazole rings is 1. The number of para-hydroxylation sites is 2. The van der Waals surface area contributed by atoms with E-state index in [-0.39, 0.29) is 11.8 Å². The lowest BCUT2D eigenvalue weighted by atomic mass is 9.99. The molecule has 2 aromatic heterocycles. The number of imidazole rings is 1. The van der Waals surface area contributed by atoms with E-state index >= 15 is 0 Å². The average Bonchev–Trinajstić information content (AvgIpc) is 3.38. The van der Waals surface area contributed by atoms with Gasteiger partial charge in [0.15, 0.2) is 5.13 Å². The summed E-state index contributed by atoms with van der Waals surface area (Å²) < 4.78 is 8.54. The van der Waals surface area contributed by atoms with Crippen molar-refractivity contribution in [1.29, 1.82) is 0 Å². The number of hydrogen-bond donors (Lipinski definition) is 0. The second-order valence-corrected chi connectivity index (χ2v) is 8.48. The van der Waals surface area contributed by atoms with E-state index in [9.17, 15) is 4.79 Å². The average molecular weight is 405 g/mol. The Kier molecular flexibility index (Phi) is 3.58. The van der Waals surface area contributed by atoms with Crippen LogP contribution in [0.3, 0.4) is 0 Å². The van der Waals surface area contributed by atoms with E-state index in [2.05, 4.69) is 15.5 Å². The van der Waals surface area contributed by atoms with E-state index in [1.54, 1.807) is 18.4 Å². The molecule has 4 aromatic rings. The standard InChI is InChI=1S/C21H19N5O2S/c1-28-14-6-7-16-18(10-14)29-21(23-16)24-11-13(12-24)19(27)26-9-8-25-17-5-3-2-4-15(17)22-20(25)26/h2-7,10,13H,8-9,11-12H2,1H3. The summed E-state index contributed by atoms with van der Waals surface area (Å²) >= 11 is 1.64. The van der Waals surface area contributed by atoms with E-state index in [4.69, 9.17) is 14.7 Å². The SMILES string of the molecule is COc1ccc2nc(N3CC(C(=O)N4CCn5c4nc4ccccc45)C3)sc2c1. The van der Waals surface area contributed by atoms with Crippen molar-refractivity contribution in [1.82, 2.24) is 14.5 Å². The first-order valence-corrected chi connectivity index (χ1v) is 10.5. The zero-order chi connectivity index (χ0) is 19.5. The number of hydrogen-bond acceptors (Lipinski definition) is 6. The molecule has 0 N–H and O–H groups in total. The van der Waals surface area contributed by atoms with Crippen molar-refractivity contribution in [3.63, 3.8) is 0 Å². The maximum absolute atomic E-state index is 13.1. The van der Waals surface area contributed by atoms with Gasteiger partial charge in [0.2, 0.25) is 11.9 Å². The topological polar surface area (TPSA) is 63.5 Å². The number of nitrogens with zero attached hydrogens (tertiary/aromatic N) is 5. The number of aromatic nitrogens is 3. The maximum atomic E-state index is 13.1. The Labute approximate surface area is 171 Å². The predicted molar refractivity (Wildman–Crippen MR) is 114 cm³/mol. The highest BCUT2D eigenvalue weighted by molar-refractivity contribution is 7.22. The van der Waals surface area contributed by atoms with Crippen LogP contribution in [-0.2, 0) is 11.3 Å². The molecular formula is C21H19N5O2S. The molecule has 0 radical (unpaired) electrons. The molecule has 8 heteroatoms. The maximum Gasteiger partial charge on any atom is 0.236 e. The van der Waals surface area contributed by atoms with Gasteiger partial charge in [0.25, 0.3) is 0 Å². The molecular weight excluding hydrogens is 386 g/mol. The van der Waals surface area contributed by atoms with Gasteiger partial charge in [-0.15, -0.1) is 0 Å². The summed E-state index contributed by atoms with van der Waals surface area (Å²) in [6.45, 7) is 2.90. The van der Waals surface area contributed by atoms with Gasteiger partial charge < -0.3 is 14.2 Å². The number of methoxy groups -OCH3 is 1. The minimum absolute atomic E-state index is 0.0112. The molecule has 0 spiro atoms. The molecule has 0 unspecified atom stereocenters. The van der Waals surface area contributed by atoms with Gasteiger partial charge in [0, 0.05) is 26.2 Å². The lowest BCUT2D eigenvalue weighted by Gasteiger charge is -2.39. The quantitative estimate of drug-likeness (QED) is 0.524. The summed E-state index contributed by atoms with van der Waals surface area (Å²) in [6, 6.07) is 14.0. The molecule has 146 valence electrons. The van der Waals surface area contributed by atoms with Crippen molar-refractivity contribution in [2.75, 3.05) is 36.5 Å². The molecule has 1 fully saturated rings. The van der Waals surface area contributed by atoms with Crippen LogP contribution < -0.4 is 14.5 Å². The highest BCUT2D eigenvalue weighted by atomic mass is 32.1. The van der Waals surface area contributed by atoms with E-state index in [0.29, 0.717) is 19.6 Å². The summed E-state index contributed by atoms with van der Waals surface area (Å²) in [4.78, 5) is 26.5. The van der Waals surface area contributed by atoms with Crippen molar-refractivity contribution < 1.29 is 9.53 Å². The van der Waals surface area contributed by atoms with Crippen LogP contribution in [0.1, 0.15) is 0 Å². The second-order valence-electron chi connectivity index (χ2n) is 7.47. The summed E-state index contributed by atoms with van der Waals surface area (Å²) in [5.74, 6) is 1.77. The van der Waals surface area contributed by atoms with Crippen LogP contribution in [0.4, 0.5) is 11.1 Å². The van der Waals surface area contributed by atoms with E-state index in [1.807, 2.05) is 41.3 Å². The summed E-state index contributed by atoms with van der Waals surface area (Å²) in [5.41, 5.74) is 3.01. The van der Waals surface area contributed by atoms with Gasteiger partial charge in [-0.25, -0.2) is 9.97 Å². The Bertz CT molecular complexity index is 1260. The Morgan fingerprint density at radius 2 is 1.97 bits per heavy atom. The van der Waals surface area contributed by atoms with Gasteiger partial charge in [-0.1, -0.05) is 23.5 Å². The molecule has 1 amide bonds. The number of ether oxygens (including phenoxy) is 1. The third-order valence-electron chi connectivity index (χ3n) is 5.77. The second kappa shape index (κ2) is 6.18. The highest BCUT2D eigenvalue weighted by Crippen LogP contribution is 2.36. The molecule has 7 nitrogen and oxygen atoms in total. The van der Waals surface area contributed by atoms with E-state index in [1.165, 1.54) is 0 Å². The fourth-order valence-corrected chi connectivity index (χ4v) is 5.18. The van der Waals surface area contributed by atoms with Crippen LogP contribution in [0.2, 0.25) is 0 Å². The van der Waals surface area contributed by atoms with E-state index in [0.717, 1.165) is 44.6 Å². The molecule has 29 heavy (non-hydrogen) atoms. The largest absolute Gasteiger partial charge is 0.497 e. The van der Waals surface area contributed by atoms with Crippen LogP contribution in [-0.4, -0.2) is 47.2 Å². The molecule has 2 aliphatic heterocycles. The fraction of sp³-hybridized carbons (Fsp3) is 0.286. The van der Waals surface area contributed by atoms with Gasteiger partial charge in [-0.3, -0.25) is 9.69 Å². The first-order valence-electron chi connectivity index (χ1n) is 9.67. The third-order valence-corrected chi connectivity index (χ3v) is 6.85. The zero-order valence-corrected chi connectivity index (χ0v) is 16.7. The predicted octanol–water partition coefficient (Wildman–Crippen LogP) is 3.14. The molecule has 2 aliphatic rings. The molecule has 0 bridgehead atoms. The van der Waals surface area contributed by atoms with E-state index < -0.39 is 0 Å². The minimum atomic E-state index is -0.0112. The molecule has 0 aliphatic carbocycles. The Morgan fingerprint density at radius 1 is 1.10 bits per heavy atom.